The lowest BCUT2D eigenvalue weighted by Crippen LogP contribution is -2.20. The fraction of sp³-hybridized carbons (Fsp3) is 0.435. The zero-order valence-corrected chi connectivity index (χ0v) is 17.2. The van der Waals surface area contributed by atoms with E-state index in [-0.39, 0.29) is 0 Å². The summed E-state index contributed by atoms with van der Waals surface area (Å²) in [6.45, 7) is 5.29. The molecular formula is C23H28N6. The maximum Gasteiger partial charge on any atom is 0.160 e. The molecule has 1 atom stereocenters. The Bertz CT molecular complexity index is 1120. The Hall–Kier alpha value is -2.89. The van der Waals surface area contributed by atoms with E-state index in [0.29, 0.717) is 12.0 Å². The maximum atomic E-state index is 5.05. The number of benzene rings is 1. The second kappa shape index (κ2) is 7.50. The molecule has 150 valence electrons. The van der Waals surface area contributed by atoms with Crippen LogP contribution in [0.3, 0.4) is 0 Å². The third-order valence-electron chi connectivity index (χ3n) is 6.39. The highest BCUT2D eigenvalue weighted by atomic mass is 15.3. The van der Waals surface area contributed by atoms with E-state index in [4.69, 9.17) is 10.1 Å². The van der Waals surface area contributed by atoms with Crippen LogP contribution in [-0.2, 0) is 0 Å². The van der Waals surface area contributed by atoms with E-state index in [2.05, 4.69) is 47.0 Å². The Labute approximate surface area is 171 Å². The van der Waals surface area contributed by atoms with Crippen molar-refractivity contribution in [2.24, 2.45) is 5.92 Å². The highest BCUT2D eigenvalue weighted by Gasteiger charge is 2.24. The molecule has 1 N–H and O–H groups in total. The van der Waals surface area contributed by atoms with Crippen molar-refractivity contribution in [1.29, 1.82) is 0 Å². The van der Waals surface area contributed by atoms with Gasteiger partial charge in [-0.3, -0.25) is 0 Å². The number of hydrogen-bond acceptors (Lipinski definition) is 4. The second-order valence-electron chi connectivity index (χ2n) is 8.15. The molecule has 5 rings (SSSR count). The zero-order valence-electron chi connectivity index (χ0n) is 17.2. The largest absolute Gasteiger partial charge is 0.384 e. The number of pyridine rings is 1. The van der Waals surface area contributed by atoms with Gasteiger partial charge in [-0.25, -0.2) is 14.6 Å². The molecule has 0 aliphatic heterocycles. The number of hydrogen-bond donors (Lipinski definition) is 1. The van der Waals surface area contributed by atoms with Crippen LogP contribution in [0.15, 0.2) is 43.1 Å². The summed E-state index contributed by atoms with van der Waals surface area (Å²) >= 11 is 0. The SMILES string of the molecule is CCNc1c2cc(-n3ccnc3)ccc2nc2c1cnn2[C@@H](C)C1CCCCC1. The van der Waals surface area contributed by atoms with Crippen molar-refractivity contribution in [3.8, 4) is 5.69 Å². The second-order valence-corrected chi connectivity index (χ2v) is 8.15. The molecule has 1 aliphatic rings. The van der Waals surface area contributed by atoms with Gasteiger partial charge in [0.05, 0.1) is 35.2 Å². The fourth-order valence-corrected chi connectivity index (χ4v) is 4.78. The van der Waals surface area contributed by atoms with Crippen LogP contribution in [0.2, 0.25) is 0 Å². The summed E-state index contributed by atoms with van der Waals surface area (Å²) in [5.41, 5.74) is 4.19. The number of aromatic nitrogens is 5. The first-order valence-corrected chi connectivity index (χ1v) is 10.8. The Morgan fingerprint density at radius 2 is 2.03 bits per heavy atom. The number of imidazole rings is 1. The van der Waals surface area contributed by atoms with Gasteiger partial charge < -0.3 is 9.88 Å². The van der Waals surface area contributed by atoms with Crippen molar-refractivity contribution in [1.82, 2.24) is 24.3 Å². The van der Waals surface area contributed by atoms with Gasteiger partial charge in [0, 0.05) is 30.0 Å². The molecule has 0 spiro atoms. The topological polar surface area (TPSA) is 60.6 Å². The normalized spacial score (nSPS) is 16.5. The first-order chi connectivity index (χ1) is 14.3. The molecule has 0 saturated heterocycles. The minimum atomic E-state index is 0.373. The lowest BCUT2D eigenvalue weighted by atomic mass is 9.84. The molecule has 0 unspecified atom stereocenters. The summed E-state index contributed by atoms with van der Waals surface area (Å²) in [7, 11) is 0. The standard InChI is InChI=1S/C23H28N6/c1-3-25-22-19-13-18(28-12-11-24-15-28)9-10-21(19)27-23-20(22)14-26-29(23)16(2)17-7-5-4-6-8-17/h9-17H,3-8H2,1-2H3,(H,25,27)/t16-/m0/s1. The van der Waals surface area contributed by atoms with E-state index in [9.17, 15) is 0 Å². The molecule has 1 fully saturated rings. The molecule has 1 saturated carbocycles. The molecule has 0 amide bonds. The number of nitrogens with zero attached hydrogens (tertiary/aromatic N) is 5. The highest BCUT2D eigenvalue weighted by Crippen LogP contribution is 2.37. The van der Waals surface area contributed by atoms with Crippen LogP contribution in [-0.4, -0.2) is 30.9 Å². The lowest BCUT2D eigenvalue weighted by Gasteiger charge is -2.28. The molecular weight excluding hydrogens is 360 g/mol. The molecule has 3 aromatic heterocycles. The summed E-state index contributed by atoms with van der Waals surface area (Å²) in [5.74, 6) is 0.690. The van der Waals surface area contributed by atoms with Gasteiger partial charge in [-0.2, -0.15) is 5.10 Å². The quantitative estimate of drug-likeness (QED) is 0.501. The summed E-state index contributed by atoms with van der Waals surface area (Å²) in [6.07, 6.45) is 14.2. The average molecular weight is 389 g/mol. The molecule has 4 aromatic rings. The first kappa shape index (κ1) is 18.2. The van der Waals surface area contributed by atoms with E-state index < -0.39 is 0 Å². The third kappa shape index (κ3) is 3.16. The molecule has 6 heteroatoms. The van der Waals surface area contributed by atoms with Crippen LogP contribution in [0.1, 0.15) is 52.0 Å². The van der Waals surface area contributed by atoms with Gasteiger partial charge in [-0.15, -0.1) is 0 Å². The van der Waals surface area contributed by atoms with E-state index in [1.165, 1.54) is 32.1 Å². The Balaban J connectivity index is 1.66. The predicted octanol–water partition coefficient (Wildman–Crippen LogP) is 5.34. The van der Waals surface area contributed by atoms with Crippen molar-refractivity contribution < 1.29 is 0 Å². The van der Waals surface area contributed by atoms with E-state index in [1.54, 1.807) is 6.20 Å². The summed E-state index contributed by atoms with van der Waals surface area (Å²) < 4.78 is 4.18. The minimum Gasteiger partial charge on any atom is -0.384 e. The van der Waals surface area contributed by atoms with Crippen molar-refractivity contribution in [3.63, 3.8) is 0 Å². The maximum absolute atomic E-state index is 5.05. The molecule has 29 heavy (non-hydrogen) atoms. The molecule has 3 heterocycles. The highest BCUT2D eigenvalue weighted by molar-refractivity contribution is 6.07. The van der Waals surface area contributed by atoms with Gasteiger partial charge in [-0.05, 0) is 50.8 Å². The molecule has 1 aliphatic carbocycles. The van der Waals surface area contributed by atoms with Crippen molar-refractivity contribution >= 4 is 27.6 Å². The first-order valence-electron chi connectivity index (χ1n) is 10.8. The van der Waals surface area contributed by atoms with Gasteiger partial charge in [0.1, 0.15) is 0 Å². The van der Waals surface area contributed by atoms with Crippen LogP contribution >= 0.6 is 0 Å². The van der Waals surface area contributed by atoms with Gasteiger partial charge >= 0.3 is 0 Å². The Morgan fingerprint density at radius 3 is 2.79 bits per heavy atom. The molecule has 6 nitrogen and oxygen atoms in total. The molecule has 0 bridgehead atoms. The number of anilines is 1. The van der Waals surface area contributed by atoms with Crippen molar-refractivity contribution in [3.05, 3.63) is 43.1 Å². The fourth-order valence-electron chi connectivity index (χ4n) is 4.78. The Kier molecular flexibility index (Phi) is 4.70. The number of nitrogens with one attached hydrogen (secondary N) is 1. The van der Waals surface area contributed by atoms with Crippen LogP contribution in [0.25, 0.3) is 27.6 Å². The van der Waals surface area contributed by atoms with Crippen LogP contribution in [0, 0.1) is 5.92 Å². The third-order valence-corrected chi connectivity index (χ3v) is 6.39. The van der Waals surface area contributed by atoms with Crippen molar-refractivity contribution in [2.75, 3.05) is 11.9 Å². The van der Waals surface area contributed by atoms with Crippen LogP contribution in [0.4, 0.5) is 5.69 Å². The molecule has 1 aromatic carbocycles. The zero-order chi connectivity index (χ0) is 19.8. The average Bonchev–Trinajstić information content (AvgIpc) is 3.44. The van der Waals surface area contributed by atoms with Gasteiger partial charge in [0.2, 0.25) is 0 Å². The van der Waals surface area contributed by atoms with Crippen LogP contribution in [0.5, 0.6) is 0 Å². The van der Waals surface area contributed by atoms with E-state index >= 15 is 0 Å². The summed E-state index contributed by atoms with van der Waals surface area (Å²) in [6, 6.07) is 6.76. The van der Waals surface area contributed by atoms with Gasteiger partial charge in [0.25, 0.3) is 0 Å². The minimum absolute atomic E-state index is 0.373. The van der Waals surface area contributed by atoms with Crippen LogP contribution < -0.4 is 5.32 Å². The van der Waals surface area contributed by atoms with E-state index in [1.807, 2.05) is 23.3 Å². The number of rotatable bonds is 5. The summed E-state index contributed by atoms with van der Waals surface area (Å²) in [4.78, 5) is 9.23. The monoisotopic (exact) mass is 388 g/mol. The van der Waals surface area contributed by atoms with Crippen molar-refractivity contribution in [2.45, 2.75) is 52.0 Å². The Morgan fingerprint density at radius 1 is 1.17 bits per heavy atom. The molecule has 0 radical (unpaired) electrons. The summed E-state index contributed by atoms with van der Waals surface area (Å²) in [5, 5.41) is 10.6. The smallest absolute Gasteiger partial charge is 0.160 e. The van der Waals surface area contributed by atoms with Gasteiger partial charge in [-0.1, -0.05) is 19.3 Å². The van der Waals surface area contributed by atoms with Gasteiger partial charge in [0.15, 0.2) is 5.65 Å². The number of fused-ring (bicyclic) bond motifs is 2. The van der Waals surface area contributed by atoms with E-state index in [0.717, 1.165) is 39.9 Å². The lowest BCUT2D eigenvalue weighted by molar-refractivity contribution is 0.254. The predicted molar refractivity (Wildman–Crippen MR) is 118 cm³/mol.